The van der Waals surface area contributed by atoms with E-state index in [0.29, 0.717) is 12.8 Å². The van der Waals surface area contributed by atoms with Gasteiger partial charge in [-0.3, -0.25) is 4.79 Å². The Hall–Kier alpha value is -0.810. The SMILES string of the molecule is CCCCCCCCCCCCCCCCCCCCCCCCCCCCCCCCCC(=O)NC(COC1OC(CO)C(O)C(O)C1O)C(O)CCCCCCCCCCCCCCCCCC. The maximum Gasteiger partial charge on any atom is 0.220 e. The largest absolute Gasteiger partial charge is 0.394 e. The standard InChI is InChI=1S/C61H121NO8/c1-3-5-7-9-11-13-15-17-19-21-22-23-24-25-26-27-28-29-30-31-32-33-34-35-37-39-41-43-45-47-49-51-57(65)62-54(53-69-61-60(68)59(67)58(66)56(52-63)70-61)55(64)50-48-46-44-42-40-38-36-20-18-16-14-12-10-8-6-4-2/h54-56,58-61,63-64,66-68H,3-53H2,1-2H3,(H,62,65). The fourth-order valence-electron chi connectivity index (χ4n) is 10.5. The second-order valence-electron chi connectivity index (χ2n) is 22.2. The molecule has 70 heavy (non-hydrogen) atoms. The fourth-order valence-corrected chi connectivity index (χ4v) is 10.5. The van der Waals surface area contributed by atoms with Crippen molar-refractivity contribution < 1.29 is 39.8 Å². The van der Waals surface area contributed by atoms with E-state index in [2.05, 4.69) is 19.2 Å². The third kappa shape index (κ3) is 40.6. The van der Waals surface area contributed by atoms with Crippen LogP contribution >= 0.6 is 0 Å². The average Bonchev–Trinajstić information content (AvgIpc) is 3.36. The number of aliphatic hydroxyl groups excluding tert-OH is 5. The molecule has 0 saturated carbocycles. The van der Waals surface area contributed by atoms with Crippen LogP contribution in [0.3, 0.4) is 0 Å². The van der Waals surface area contributed by atoms with Crippen molar-refractivity contribution in [2.75, 3.05) is 13.2 Å². The van der Waals surface area contributed by atoms with E-state index < -0.39 is 49.5 Å². The Kier molecular flexibility index (Phi) is 49.6. The average molecular weight is 997 g/mol. The molecule has 0 spiro atoms. The zero-order valence-electron chi connectivity index (χ0n) is 46.6. The van der Waals surface area contributed by atoms with Crippen molar-refractivity contribution >= 4 is 5.91 Å². The lowest BCUT2D eigenvalue weighted by Gasteiger charge is -2.40. The molecule has 1 fully saturated rings. The van der Waals surface area contributed by atoms with Gasteiger partial charge in [-0.1, -0.05) is 309 Å². The van der Waals surface area contributed by atoms with E-state index in [0.717, 1.165) is 38.5 Å². The highest BCUT2D eigenvalue weighted by molar-refractivity contribution is 5.76. The lowest BCUT2D eigenvalue weighted by Crippen LogP contribution is -2.60. The van der Waals surface area contributed by atoms with Gasteiger partial charge in [0.15, 0.2) is 6.29 Å². The summed E-state index contributed by atoms with van der Waals surface area (Å²) in [5, 5.41) is 54.7. The summed E-state index contributed by atoms with van der Waals surface area (Å²) in [6.45, 7) is 3.89. The molecule has 1 amide bonds. The molecule has 0 aromatic rings. The van der Waals surface area contributed by atoms with Crippen molar-refractivity contribution in [1.82, 2.24) is 5.32 Å². The minimum atomic E-state index is -1.55. The molecule has 7 unspecified atom stereocenters. The van der Waals surface area contributed by atoms with Crippen LogP contribution in [0.1, 0.15) is 328 Å². The zero-order valence-corrected chi connectivity index (χ0v) is 46.6. The molecule has 6 N–H and O–H groups in total. The van der Waals surface area contributed by atoms with Crippen LogP contribution in [-0.2, 0) is 14.3 Å². The van der Waals surface area contributed by atoms with Crippen LogP contribution in [0.2, 0.25) is 0 Å². The van der Waals surface area contributed by atoms with Crippen molar-refractivity contribution in [2.24, 2.45) is 0 Å². The van der Waals surface area contributed by atoms with Gasteiger partial charge in [-0.05, 0) is 12.8 Å². The minimum absolute atomic E-state index is 0.131. The first kappa shape index (κ1) is 67.2. The molecular weight excluding hydrogens is 875 g/mol. The van der Waals surface area contributed by atoms with Gasteiger partial charge in [0.05, 0.1) is 25.4 Å². The molecule has 418 valence electrons. The second kappa shape index (κ2) is 51.7. The van der Waals surface area contributed by atoms with Gasteiger partial charge >= 0.3 is 0 Å². The molecule has 9 nitrogen and oxygen atoms in total. The van der Waals surface area contributed by atoms with Gasteiger partial charge in [-0.15, -0.1) is 0 Å². The van der Waals surface area contributed by atoms with E-state index in [1.54, 1.807) is 0 Å². The van der Waals surface area contributed by atoms with Crippen LogP contribution in [-0.4, -0.2) is 87.5 Å². The van der Waals surface area contributed by atoms with Crippen LogP contribution in [0, 0.1) is 0 Å². The molecule has 0 bridgehead atoms. The lowest BCUT2D eigenvalue weighted by molar-refractivity contribution is -0.302. The number of carbonyl (C=O) groups is 1. The molecule has 0 aromatic heterocycles. The van der Waals surface area contributed by atoms with Crippen LogP contribution in [0.5, 0.6) is 0 Å². The molecule has 0 aliphatic carbocycles. The Morgan fingerprint density at radius 1 is 0.429 bits per heavy atom. The van der Waals surface area contributed by atoms with Gasteiger partial charge < -0.3 is 40.3 Å². The smallest absolute Gasteiger partial charge is 0.220 e. The highest BCUT2D eigenvalue weighted by atomic mass is 16.7. The third-order valence-electron chi connectivity index (χ3n) is 15.5. The predicted molar refractivity (Wildman–Crippen MR) is 295 cm³/mol. The number of carbonyl (C=O) groups excluding carboxylic acids is 1. The number of aliphatic hydroxyl groups is 5. The van der Waals surface area contributed by atoms with Crippen molar-refractivity contribution in [1.29, 1.82) is 0 Å². The highest BCUT2D eigenvalue weighted by Gasteiger charge is 2.44. The van der Waals surface area contributed by atoms with E-state index in [-0.39, 0.29) is 12.5 Å². The number of amides is 1. The Balaban J connectivity index is 2.09. The Morgan fingerprint density at radius 2 is 0.714 bits per heavy atom. The van der Waals surface area contributed by atoms with Crippen LogP contribution in [0.25, 0.3) is 0 Å². The summed E-state index contributed by atoms with van der Waals surface area (Å²) in [6, 6.07) is -0.713. The monoisotopic (exact) mass is 996 g/mol. The van der Waals surface area contributed by atoms with E-state index in [9.17, 15) is 30.3 Å². The summed E-state index contributed by atoms with van der Waals surface area (Å²) < 4.78 is 11.3. The first-order valence-electron chi connectivity index (χ1n) is 31.2. The molecule has 1 aliphatic rings. The van der Waals surface area contributed by atoms with Crippen LogP contribution < -0.4 is 5.32 Å². The summed E-state index contributed by atoms with van der Waals surface area (Å²) in [7, 11) is 0. The minimum Gasteiger partial charge on any atom is -0.394 e. The summed E-state index contributed by atoms with van der Waals surface area (Å²) in [5.74, 6) is -0.135. The summed E-state index contributed by atoms with van der Waals surface area (Å²) in [5.41, 5.74) is 0. The predicted octanol–water partition coefficient (Wildman–Crippen LogP) is 15.8. The van der Waals surface area contributed by atoms with E-state index >= 15 is 0 Å². The fraction of sp³-hybridized carbons (Fsp3) is 0.984. The zero-order chi connectivity index (χ0) is 50.8. The summed E-state index contributed by atoms with van der Waals surface area (Å²) in [4.78, 5) is 13.1. The summed E-state index contributed by atoms with van der Waals surface area (Å²) >= 11 is 0. The number of ether oxygens (including phenoxy) is 2. The maximum absolute atomic E-state index is 13.1. The Morgan fingerprint density at radius 3 is 1.01 bits per heavy atom. The number of unbranched alkanes of at least 4 members (excludes halogenated alkanes) is 45. The van der Waals surface area contributed by atoms with Gasteiger partial charge in [0, 0.05) is 6.42 Å². The van der Waals surface area contributed by atoms with Gasteiger partial charge in [-0.25, -0.2) is 0 Å². The molecule has 9 heteroatoms. The van der Waals surface area contributed by atoms with Gasteiger partial charge in [0.2, 0.25) is 5.91 Å². The molecule has 1 heterocycles. The second-order valence-corrected chi connectivity index (χ2v) is 22.2. The van der Waals surface area contributed by atoms with Gasteiger partial charge in [-0.2, -0.15) is 0 Å². The van der Waals surface area contributed by atoms with E-state index in [1.807, 2.05) is 0 Å². The van der Waals surface area contributed by atoms with Gasteiger partial charge in [0.1, 0.15) is 24.4 Å². The quantitative estimate of drug-likeness (QED) is 0.0330. The lowest BCUT2D eigenvalue weighted by atomic mass is 9.99. The molecule has 7 atom stereocenters. The van der Waals surface area contributed by atoms with Crippen molar-refractivity contribution in [3.63, 3.8) is 0 Å². The Bertz CT molecular complexity index is 1060. The first-order chi connectivity index (χ1) is 34.3. The topological polar surface area (TPSA) is 149 Å². The molecule has 1 rings (SSSR count). The van der Waals surface area contributed by atoms with Gasteiger partial charge in [0.25, 0.3) is 0 Å². The number of hydrogen-bond acceptors (Lipinski definition) is 8. The third-order valence-corrected chi connectivity index (χ3v) is 15.5. The Labute approximate surface area is 434 Å². The number of nitrogens with one attached hydrogen (secondary N) is 1. The van der Waals surface area contributed by atoms with Crippen molar-refractivity contribution in [3.05, 3.63) is 0 Å². The number of hydrogen-bond donors (Lipinski definition) is 6. The molecule has 0 aromatic carbocycles. The van der Waals surface area contributed by atoms with E-state index in [1.165, 1.54) is 263 Å². The maximum atomic E-state index is 13.1. The normalized spacial score (nSPS) is 19.2. The highest BCUT2D eigenvalue weighted by Crippen LogP contribution is 2.24. The molecular formula is C61H121NO8. The van der Waals surface area contributed by atoms with Crippen LogP contribution in [0.4, 0.5) is 0 Å². The van der Waals surface area contributed by atoms with Crippen molar-refractivity contribution in [2.45, 2.75) is 371 Å². The summed E-state index contributed by atoms with van der Waals surface area (Å²) in [6.07, 6.45) is 55.8. The molecule has 1 saturated heterocycles. The van der Waals surface area contributed by atoms with E-state index in [4.69, 9.17) is 9.47 Å². The van der Waals surface area contributed by atoms with Crippen LogP contribution in [0.15, 0.2) is 0 Å². The van der Waals surface area contributed by atoms with Crippen molar-refractivity contribution in [3.8, 4) is 0 Å². The molecule has 0 radical (unpaired) electrons. The molecule has 1 aliphatic heterocycles. The number of rotatable bonds is 55. The first-order valence-corrected chi connectivity index (χ1v) is 31.2.